The largest absolute Gasteiger partial charge is 0.329 e. The van der Waals surface area contributed by atoms with Gasteiger partial charge in [-0.2, -0.15) is 0 Å². The molecule has 1 heterocycles. The summed E-state index contributed by atoms with van der Waals surface area (Å²) >= 11 is 0. The van der Waals surface area contributed by atoms with Gasteiger partial charge in [0.25, 0.3) is 0 Å². The van der Waals surface area contributed by atoms with E-state index in [1.54, 1.807) is 0 Å². The second kappa shape index (κ2) is 3.59. The molecule has 2 N–H and O–H groups in total. The number of para-hydroxylation sites is 1. The van der Waals surface area contributed by atoms with E-state index in [1.807, 2.05) is 27.0 Å². The molecule has 0 aliphatic carbocycles. The van der Waals surface area contributed by atoms with Crippen molar-refractivity contribution in [3.05, 3.63) is 29.6 Å². The fourth-order valence-corrected chi connectivity index (χ4v) is 2.21. The fraction of sp³-hybridized carbons (Fsp3) is 0.462. The van der Waals surface area contributed by atoms with Gasteiger partial charge in [-0.15, -0.1) is 0 Å². The summed E-state index contributed by atoms with van der Waals surface area (Å²) in [5.74, 6) is 0.934. The quantitative estimate of drug-likeness (QED) is 0.839. The van der Waals surface area contributed by atoms with Gasteiger partial charge in [0.2, 0.25) is 0 Å². The molecule has 0 amide bonds. The highest BCUT2D eigenvalue weighted by atomic mass is 15.1. The lowest BCUT2D eigenvalue weighted by Gasteiger charge is -2.18. The molecule has 3 nitrogen and oxygen atoms in total. The van der Waals surface area contributed by atoms with Crippen molar-refractivity contribution in [1.82, 2.24) is 9.55 Å². The Bertz CT molecular complexity index is 518. The van der Waals surface area contributed by atoms with Gasteiger partial charge in [0, 0.05) is 7.05 Å². The summed E-state index contributed by atoms with van der Waals surface area (Å²) in [7, 11) is 2.04. The number of imidazole rings is 1. The lowest BCUT2D eigenvalue weighted by atomic mass is 10.1. The second-order valence-electron chi connectivity index (χ2n) is 4.85. The Kier molecular flexibility index (Phi) is 2.50. The van der Waals surface area contributed by atoms with E-state index in [-0.39, 0.29) is 0 Å². The average Bonchev–Trinajstić information content (AvgIpc) is 2.56. The monoisotopic (exact) mass is 217 g/mol. The van der Waals surface area contributed by atoms with Gasteiger partial charge in [-0.25, -0.2) is 4.98 Å². The third-order valence-corrected chi connectivity index (χ3v) is 2.93. The molecular formula is C13H19N3. The first kappa shape index (κ1) is 11.1. The molecule has 0 radical (unpaired) electrons. The average molecular weight is 217 g/mol. The summed E-state index contributed by atoms with van der Waals surface area (Å²) in [5.41, 5.74) is 9.29. The fourth-order valence-electron chi connectivity index (χ4n) is 2.21. The Morgan fingerprint density at radius 2 is 2.06 bits per heavy atom. The zero-order chi connectivity index (χ0) is 11.9. The van der Waals surface area contributed by atoms with Crippen molar-refractivity contribution in [2.24, 2.45) is 12.8 Å². The Morgan fingerprint density at radius 3 is 2.62 bits per heavy atom. The van der Waals surface area contributed by atoms with Crippen LogP contribution < -0.4 is 5.73 Å². The van der Waals surface area contributed by atoms with Gasteiger partial charge in [0.1, 0.15) is 5.82 Å². The summed E-state index contributed by atoms with van der Waals surface area (Å²) in [6, 6.07) is 6.25. The predicted octanol–water partition coefficient (Wildman–Crippen LogP) is 2.33. The molecule has 0 unspecified atom stereocenters. The Morgan fingerprint density at radius 1 is 1.38 bits per heavy atom. The van der Waals surface area contributed by atoms with Crippen molar-refractivity contribution in [3.8, 4) is 0 Å². The van der Waals surface area contributed by atoms with Gasteiger partial charge in [-0.3, -0.25) is 0 Å². The van der Waals surface area contributed by atoms with E-state index in [0.29, 0.717) is 0 Å². The van der Waals surface area contributed by atoms with E-state index >= 15 is 0 Å². The third-order valence-electron chi connectivity index (χ3n) is 2.93. The number of aromatic nitrogens is 2. The van der Waals surface area contributed by atoms with Crippen LogP contribution in [0.15, 0.2) is 18.2 Å². The molecule has 0 aliphatic heterocycles. The highest BCUT2D eigenvalue weighted by molar-refractivity contribution is 5.80. The number of nitrogens with two attached hydrogens (primary N) is 1. The zero-order valence-electron chi connectivity index (χ0n) is 10.4. The maximum absolute atomic E-state index is 6.13. The van der Waals surface area contributed by atoms with Crippen LogP contribution in [0.2, 0.25) is 0 Å². The number of benzene rings is 1. The van der Waals surface area contributed by atoms with Crippen LogP contribution in [0.4, 0.5) is 0 Å². The highest BCUT2D eigenvalue weighted by Gasteiger charge is 2.22. The molecule has 16 heavy (non-hydrogen) atoms. The zero-order valence-corrected chi connectivity index (χ0v) is 10.4. The van der Waals surface area contributed by atoms with E-state index in [0.717, 1.165) is 17.8 Å². The first-order chi connectivity index (χ1) is 7.45. The minimum atomic E-state index is -0.404. The van der Waals surface area contributed by atoms with E-state index in [1.165, 1.54) is 11.1 Å². The summed E-state index contributed by atoms with van der Waals surface area (Å²) < 4.78 is 2.12. The van der Waals surface area contributed by atoms with Gasteiger partial charge < -0.3 is 10.3 Å². The first-order valence-corrected chi connectivity index (χ1v) is 5.68. The SMILES string of the molecule is CCc1cccc2nc(C(C)(C)N)n(C)c12. The molecule has 3 heteroatoms. The van der Waals surface area contributed by atoms with Gasteiger partial charge in [-0.05, 0) is 31.9 Å². The molecule has 1 aromatic carbocycles. The Hall–Kier alpha value is -1.35. The highest BCUT2D eigenvalue weighted by Crippen LogP contribution is 2.24. The van der Waals surface area contributed by atoms with Gasteiger partial charge in [0.05, 0.1) is 16.6 Å². The van der Waals surface area contributed by atoms with Crippen LogP contribution in [0.1, 0.15) is 32.2 Å². The molecule has 0 saturated heterocycles. The maximum Gasteiger partial charge on any atom is 0.129 e. The molecule has 0 bridgehead atoms. The molecule has 2 aromatic rings. The standard InChI is InChI=1S/C13H19N3/c1-5-9-7-6-8-10-11(9)16(4)12(15-10)13(2,3)14/h6-8H,5,14H2,1-4H3. The summed E-state index contributed by atoms with van der Waals surface area (Å²) in [6.07, 6.45) is 1.02. The maximum atomic E-state index is 6.13. The molecule has 0 spiro atoms. The Labute approximate surface area is 96.3 Å². The molecule has 1 aromatic heterocycles. The smallest absolute Gasteiger partial charge is 0.129 e. The summed E-state index contributed by atoms with van der Waals surface area (Å²) in [6.45, 7) is 6.13. The van der Waals surface area contributed by atoms with Gasteiger partial charge >= 0.3 is 0 Å². The second-order valence-corrected chi connectivity index (χ2v) is 4.85. The molecule has 86 valence electrons. The molecule has 0 aliphatic rings. The van der Waals surface area contributed by atoms with E-state index in [4.69, 9.17) is 5.73 Å². The van der Waals surface area contributed by atoms with Crippen LogP contribution in [-0.4, -0.2) is 9.55 Å². The lowest BCUT2D eigenvalue weighted by Crippen LogP contribution is -2.32. The predicted molar refractivity (Wildman–Crippen MR) is 67.3 cm³/mol. The third kappa shape index (κ3) is 1.61. The molecule has 0 atom stereocenters. The van der Waals surface area contributed by atoms with E-state index in [2.05, 4.69) is 28.6 Å². The van der Waals surface area contributed by atoms with Crippen molar-refractivity contribution in [3.63, 3.8) is 0 Å². The van der Waals surface area contributed by atoms with Crippen molar-refractivity contribution in [2.75, 3.05) is 0 Å². The van der Waals surface area contributed by atoms with Crippen molar-refractivity contribution < 1.29 is 0 Å². The van der Waals surface area contributed by atoms with Crippen LogP contribution in [0.5, 0.6) is 0 Å². The van der Waals surface area contributed by atoms with Crippen LogP contribution in [0, 0.1) is 0 Å². The van der Waals surface area contributed by atoms with Crippen molar-refractivity contribution in [2.45, 2.75) is 32.7 Å². The summed E-state index contributed by atoms with van der Waals surface area (Å²) in [5, 5.41) is 0. The van der Waals surface area contributed by atoms with Crippen LogP contribution >= 0.6 is 0 Å². The number of aryl methyl sites for hydroxylation is 2. The first-order valence-electron chi connectivity index (χ1n) is 5.68. The minimum Gasteiger partial charge on any atom is -0.329 e. The number of rotatable bonds is 2. The number of hydrogen-bond acceptors (Lipinski definition) is 2. The normalized spacial score (nSPS) is 12.3. The Balaban J connectivity index is 2.79. The van der Waals surface area contributed by atoms with Crippen LogP contribution in [-0.2, 0) is 19.0 Å². The van der Waals surface area contributed by atoms with Gasteiger partial charge in [0.15, 0.2) is 0 Å². The van der Waals surface area contributed by atoms with Crippen molar-refractivity contribution >= 4 is 11.0 Å². The number of nitrogens with zero attached hydrogens (tertiary/aromatic N) is 2. The van der Waals surface area contributed by atoms with Crippen molar-refractivity contribution in [1.29, 1.82) is 0 Å². The summed E-state index contributed by atoms with van der Waals surface area (Å²) in [4.78, 5) is 4.63. The number of fused-ring (bicyclic) bond motifs is 1. The minimum absolute atomic E-state index is 0.404. The van der Waals surface area contributed by atoms with E-state index in [9.17, 15) is 0 Å². The van der Waals surface area contributed by atoms with E-state index < -0.39 is 5.54 Å². The number of hydrogen-bond donors (Lipinski definition) is 1. The van der Waals surface area contributed by atoms with Crippen LogP contribution in [0.25, 0.3) is 11.0 Å². The lowest BCUT2D eigenvalue weighted by molar-refractivity contribution is 0.497. The molecule has 0 saturated carbocycles. The molecular weight excluding hydrogens is 198 g/mol. The van der Waals surface area contributed by atoms with Crippen LogP contribution in [0.3, 0.4) is 0 Å². The topological polar surface area (TPSA) is 43.8 Å². The molecule has 0 fully saturated rings. The molecule has 2 rings (SSSR count). The van der Waals surface area contributed by atoms with Gasteiger partial charge in [-0.1, -0.05) is 19.1 Å².